The first-order valence-electron chi connectivity index (χ1n) is 8.79. The van der Waals surface area contributed by atoms with E-state index in [1.54, 1.807) is 0 Å². The van der Waals surface area contributed by atoms with Crippen LogP contribution >= 0.6 is 15.9 Å². The molecule has 0 saturated carbocycles. The van der Waals surface area contributed by atoms with Crippen LogP contribution < -0.4 is 10.6 Å². The second kappa shape index (κ2) is 9.89. The summed E-state index contributed by atoms with van der Waals surface area (Å²) in [7, 11) is 0. The van der Waals surface area contributed by atoms with Crippen LogP contribution in [0.4, 0.5) is 5.69 Å². The average molecular weight is 411 g/mol. The summed E-state index contributed by atoms with van der Waals surface area (Å²) in [6.45, 7) is 8.31. The number of nitrogens with zero attached hydrogens (tertiary/aromatic N) is 2. The number of piperazine rings is 1. The normalized spacial score (nSPS) is 17.1. The molecule has 1 aliphatic rings. The van der Waals surface area contributed by atoms with Gasteiger partial charge in [-0.3, -0.25) is 19.4 Å². The zero-order chi connectivity index (χ0) is 18.2. The van der Waals surface area contributed by atoms with Crippen LogP contribution in [0.25, 0.3) is 0 Å². The van der Waals surface area contributed by atoms with Crippen LogP contribution in [0.15, 0.2) is 28.7 Å². The van der Waals surface area contributed by atoms with E-state index < -0.39 is 0 Å². The van der Waals surface area contributed by atoms with Crippen LogP contribution in [0.3, 0.4) is 0 Å². The van der Waals surface area contributed by atoms with E-state index in [-0.39, 0.29) is 17.9 Å². The number of carbonyl (C=O) groups excluding carboxylic acids is 2. The fraction of sp³-hybridized carbons (Fsp3) is 0.556. The van der Waals surface area contributed by atoms with E-state index in [9.17, 15) is 9.59 Å². The van der Waals surface area contributed by atoms with Gasteiger partial charge in [-0.1, -0.05) is 22.9 Å². The van der Waals surface area contributed by atoms with Gasteiger partial charge in [-0.05, 0) is 37.6 Å². The Morgan fingerprint density at radius 2 is 1.80 bits per heavy atom. The zero-order valence-corrected chi connectivity index (χ0v) is 16.5. The highest BCUT2D eigenvalue weighted by Gasteiger charge is 2.26. The second-order valence-corrected chi connectivity index (χ2v) is 7.25. The molecule has 6 nitrogen and oxygen atoms in total. The Bertz CT molecular complexity index is 571. The van der Waals surface area contributed by atoms with Gasteiger partial charge < -0.3 is 10.6 Å². The molecule has 1 saturated heterocycles. The van der Waals surface area contributed by atoms with E-state index in [0.717, 1.165) is 49.3 Å². The Kier molecular flexibility index (Phi) is 7.87. The largest absolute Gasteiger partial charge is 0.355 e. The van der Waals surface area contributed by atoms with Crippen molar-refractivity contribution in [3.8, 4) is 0 Å². The topological polar surface area (TPSA) is 64.7 Å². The van der Waals surface area contributed by atoms with Gasteiger partial charge in [0.05, 0.1) is 12.6 Å². The minimum atomic E-state index is -0.195. The van der Waals surface area contributed by atoms with Crippen LogP contribution in [0.2, 0.25) is 0 Å². The first-order valence-corrected chi connectivity index (χ1v) is 9.58. The molecule has 2 rings (SSSR count). The van der Waals surface area contributed by atoms with E-state index in [0.29, 0.717) is 6.54 Å². The molecule has 1 aromatic carbocycles. The summed E-state index contributed by atoms with van der Waals surface area (Å²) in [6.07, 6.45) is 0.949. The summed E-state index contributed by atoms with van der Waals surface area (Å²) in [6, 6.07) is 7.37. The van der Waals surface area contributed by atoms with E-state index in [1.807, 2.05) is 38.1 Å². The molecule has 138 valence electrons. The number of nitrogens with one attached hydrogen (secondary N) is 2. The molecule has 2 amide bonds. The number of hydrogen-bond donors (Lipinski definition) is 2. The Balaban J connectivity index is 1.76. The van der Waals surface area contributed by atoms with Crippen molar-refractivity contribution in [3.63, 3.8) is 0 Å². The molecule has 0 aromatic heterocycles. The number of carbonyl (C=O) groups is 2. The minimum absolute atomic E-state index is 0.00328. The Morgan fingerprint density at radius 1 is 1.16 bits per heavy atom. The molecule has 1 aliphatic heterocycles. The summed E-state index contributed by atoms with van der Waals surface area (Å²) < 4.78 is 0.984. The lowest BCUT2D eigenvalue weighted by molar-refractivity contribution is -0.124. The predicted molar refractivity (Wildman–Crippen MR) is 104 cm³/mol. The molecule has 1 heterocycles. The molecule has 1 fully saturated rings. The molecule has 0 radical (unpaired) electrons. The summed E-state index contributed by atoms with van der Waals surface area (Å²) in [5, 5.41) is 5.86. The number of anilines is 1. The van der Waals surface area contributed by atoms with Crippen molar-refractivity contribution < 1.29 is 9.59 Å². The van der Waals surface area contributed by atoms with Gasteiger partial charge in [0.1, 0.15) is 0 Å². The fourth-order valence-corrected chi connectivity index (χ4v) is 3.04. The Morgan fingerprint density at radius 3 is 2.40 bits per heavy atom. The molecular formula is C18H27BrN4O2. The number of benzene rings is 1. The van der Waals surface area contributed by atoms with Gasteiger partial charge >= 0.3 is 0 Å². The zero-order valence-electron chi connectivity index (χ0n) is 14.9. The Labute approximate surface area is 158 Å². The first kappa shape index (κ1) is 19.9. The highest BCUT2D eigenvalue weighted by Crippen LogP contribution is 2.15. The minimum Gasteiger partial charge on any atom is -0.355 e. The summed E-state index contributed by atoms with van der Waals surface area (Å²) in [5.41, 5.74) is 0.797. The van der Waals surface area contributed by atoms with E-state index >= 15 is 0 Å². The number of hydrogen-bond acceptors (Lipinski definition) is 4. The van der Waals surface area contributed by atoms with Gasteiger partial charge in [0, 0.05) is 42.9 Å². The lowest BCUT2D eigenvalue weighted by Gasteiger charge is -2.37. The molecule has 7 heteroatoms. The van der Waals surface area contributed by atoms with E-state index in [1.165, 1.54) is 0 Å². The second-order valence-electron chi connectivity index (χ2n) is 6.33. The molecule has 0 unspecified atom stereocenters. The fourth-order valence-electron chi connectivity index (χ4n) is 2.78. The highest BCUT2D eigenvalue weighted by atomic mass is 79.9. The molecule has 1 aromatic rings. The lowest BCUT2D eigenvalue weighted by Crippen LogP contribution is -2.54. The van der Waals surface area contributed by atoms with Crippen molar-refractivity contribution >= 4 is 33.4 Å². The summed E-state index contributed by atoms with van der Waals surface area (Å²) in [4.78, 5) is 28.5. The van der Waals surface area contributed by atoms with Gasteiger partial charge in [0.2, 0.25) is 11.8 Å². The number of rotatable bonds is 7. The highest BCUT2D eigenvalue weighted by molar-refractivity contribution is 9.10. The average Bonchev–Trinajstić information content (AvgIpc) is 2.62. The molecule has 0 aliphatic carbocycles. The van der Waals surface area contributed by atoms with E-state index in [2.05, 4.69) is 36.4 Å². The van der Waals surface area contributed by atoms with Crippen molar-refractivity contribution in [2.24, 2.45) is 0 Å². The standard InChI is InChI=1S/C18H27BrN4O2/c1-3-8-20-17(24)13-22-9-11-23(12-10-22)14(2)18(25)21-16-6-4-15(19)5-7-16/h4-7,14H,3,8-13H2,1-2H3,(H,20,24)(H,21,25)/t14-/m1/s1. The molecule has 1 atom stereocenters. The molecule has 0 spiro atoms. The van der Waals surface area contributed by atoms with Crippen molar-refractivity contribution in [1.82, 2.24) is 15.1 Å². The molecule has 0 bridgehead atoms. The third-order valence-corrected chi connectivity index (χ3v) is 4.91. The van der Waals surface area contributed by atoms with Crippen LogP contribution in [-0.4, -0.2) is 66.9 Å². The predicted octanol–water partition coefficient (Wildman–Crippen LogP) is 1.92. The maximum Gasteiger partial charge on any atom is 0.241 e. The molecule has 25 heavy (non-hydrogen) atoms. The SMILES string of the molecule is CCCNC(=O)CN1CCN([C@H](C)C(=O)Nc2ccc(Br)cc2)CC1. The summed E-state index contributed by atoms with van der Waals surface area (Å²) >= 11 is 3.39. The van der Waals surface area contributed by atoms with Gasteiger partial charge in [-0.15, -0.1) is 0 Å². The van der Waals surface area contributed by atoms with Crippen LogP contribution in [-0.2, 0) is 9.59 Å². The van der Waals surface area contributed by atoms with Gasteiger partial charge in [0.25, 0.3) is 0 Å². The van der Waals surface area contributed by atoms with Gasteiger partial charge in [-0.25, -0.2) is 0 Å². The summed E-state index contributed by atoms with van der Waals surface area (Å²) in [5.74, 6) is 0.0767. The number of halogens is 1. The maximum absolute atomic E-state index is 12.4. The monoisotopic (exact) mass is 410 g/mol. The van der Waals surface area contributed by atoms with Crippen LogP contribution in [0.5, 0.6) is 0 Å². The van der Waals surface area contributed by atoms with Gasteiger partial charge in [0.15, 0.2) is 0 Å². The maximum atomic E-state index is 12.4. The molecular weight excluding hydrogens is 384 g/mol. The smallest absolute Gasteiger partial charge is 0.241 e. The van der Waals surface area contributed by atoms with Crippen molar-refractivity contribution in [2.45, 2.75) is 26.3 Å². The quantitative estimate of drug-likeness (QED) is 0.720. The van der Waals surface area contributed by atoms with Gasteiger partial charge in [-0.2, -0.15) is 0 Å². The third-order valence-electron chi connectivity index (χ3n) is 4.39. The molecule has 2 N–H and O–H groups in total. The van der Waals surface area contributed by atoms with Crippen molar-refractivity contribution in [3.05, 3.63) is 28.7 Å². The third kappa shape index (κ3) is 6.41. The first-order chi connectivity index (χ1) is 12.0. The lowest BCUT2D eigenvalue weighted by atomic mass is 10.2. The van der Waals surface area contributed by atoms with Crippen molar-refractivity contribution in [1.29, 1.82) is 0 Å². The van der Waals surface area contributed by atoms with Crippen LogP contribution in [0.1, 0.15) is 20.3 Å². The van der Waals surface area contributed by atoms with E-state index in [4.69, 9.17) is 0 Å². The van der Waals surface area contributed by atoms with Crippen LogP contribution in [0, 0.1) is 0 Å². The number of amides is 2. The Hall–Kier alpha value is -1.44. The van der Waals surface area contributed by atoms with Crippen molar-refractivity contribution in [2.75, 3.05) is 44.6 Å².